The van der Waals surface area contributed by atoms with Gasteiger partial charge in [0, 0.05) is 26.9 Å². The van der Waals surface area contributed by atoms with E-state index in [-0.39, 0.29) is 26.4 Å². The molecule has 0 aliphatic carbocycles. The second kappa shape index (κ2) is 7.63. The SMILES string of the molecule is O=C(OC1CCN(C(=O)c2ccccc2)C1)c1ccccc1.[B]. The number of ether oxygens (including phenoxy) is 1. The molecular formula is C18H17BNO3. The van der Waals surface area contributed by atoms with Crippen molar-refractivity contribution in [1.82, 2.24) is 4.90 Å². The van der Waals surface area contributed by atoms with Crippen LogP contribution >= 0.6 is 0 Å². The molecule has 1 aliphatic heterocycles. The van der Waals surface area contributed by atoms with E-state index >= 15 is 0 Å². The van der Waals surface area contributed by atoms with Gasteiger partial charge < -0.3 is 9.64 Å². The van der Waals surface area contributed by atoms with E-state index in [0.717, 1.165) is 0 Å². The van der Waals surface area contributed by atoms with Gasteiger partial charge in [0.25, 0.3) is 5.91 Å². The molecule has 3 rings (SSSR count). The van der Waals surface area contributed by atoms with Crippen molar-refractivity contribution in [3.05, 3.63) is 71.8 Å². The van der Waals surface area contributed by atoms with Gasteiger partial charge in [-0.1, -0.05) is 36.4 Å². The Morgan fingerprint density at radius 3 is 2.09 bits per heavy atom. The number of carbonyl (C=O) groups is 2. The fourth-order valence-electron chi connectivity index (χ4n) is 2.57. The van der Waals surface area contributed by atoms with E-state index < -0.39 is 0 Å². The smallest absolute Gasteiger partial charge is 0.338 e. The zero-order valence-electron chi connectivity index (χ0n) is 12.7. The predicted molar refractivity (Wildman–Crippen MR) is 88.4 cm³/mol. The Bertz CT molecular complexity index is 660. The lowest BCUT2D eigenvalue weighted by atomic mass is 10.2. The highest BCUT2D eigenvalue weighted by molar-refractivity contribution is 5.94. The van der Waals surface area contributed by atoms with Crippen LogP contribution in [0.25, 0.3) is 0 Å². The summed E-state index contributed by atoms with van der Waals surface area (Å²) in [5.74, 6) is -0.349. The Labute approximate surface area is 137 Å². The van der Waals surface area contributed by atoms with E-state index in [0.29, 0.717) is 30.6 Å². The first-order chi connectivity index (χ1) is 10.7. The molecule has 0 N–H and O–H groups in total. The molecule has 1 fully saturated rings. The van der Waals surface area contributed by atoms with Gasteiger partial charge >= 0.3 is 5.97 Å². The normalized spacial score (nSPS) is 16.5. The Kier molecular flexibility index (Phi) is 5.58. The van der Waals surface area contributed by atoms with Crippen LogP contribution in [0.2, 0.25) is 0 Å². The summed E-state index contributed by atoms with van der Waals surface area (Å²) in [7, 11) is 0. The first kappa shape index (κ1) is 16.8. The van der Waals surface area contributed by atoms with Gasteiger partial charge in [-0.3, -0.25) is 4.79 Å². The molecule has 1 amide bonds. The van der Waals surface area contributed by atoms with Crippen molar-refractivity contribution < 1.29 is 14.3 Å². The topological polar surface area (TPSA) is 46.6 Å². The third kappa shape index (κ3) is 4.00. The van der Waals surface area contributed by atoms with Crippen molar-refractivity contribution in [3.63, 3.8) is 0 Å². The van der Waals surface area contributed by atoms with Gasteiger partial charge in [0.1, 0.15) is 6.10 Å². The third-order valence-electron chi connectivity index (χ3n) is 3.74. The molecule has 2 aromatic carbocycles. The van der Waals surface area contributed by atoms with Crippen molar-refractivity contribution in [3.8, 4) is 0 Å². The van der Waals surface area contributed by atoms with E-state index in [1.165, 1.54) is 0 Å². The molecule has 1 heterocycles. The zero-order valence-corrected chi connectivity index (χ0v) is 12.7. The summed E-state index contributed by atoms with van der Waals surface area (Å²) in [6.45, 7) is 1.06. The Morgan fingerprint density at radius 2 is 1.48 bits per heavy atom. The molecule has 3 radical (unpaired) electrons. The van der Waals surface area contributed by atoms with E-state index in [2.05, 4.69) is 0 Å². The van der Waals surface area contributed by atoms with Crippen LogP contribution in [0.4, 0.5) is 0 Å². The number of rotatable bonds is 3. The number of benzene rings is 2. The number of hydrogen-bond acceptors (Lipinski definition) is 3. The minimum Gasteiger partial charge on any atom is -0.457 e. The predicted octanol–water partition coefficient (Wildman–Crippen LogP) is 2.38. The molecule has 1 aliphatic rings. The number of carbonyl (C=O) groups excluding carboxylic acids is 2. The van der Waals surface area contributed by atoms with Crippen molar-refractivity contribution in [1.29, 1.82) is 0 Å². The third-order valence-corrected chi connectivity index (χ3v) is 3.74. The Hall–Kier alpha value is -2.56. The molecule has 0 spiro atoms. The molecule has 115 valence electrons. The number of hydrogen-bond donors (Lipinski definition) is 0. The molecule has 0 aromatic heterocycles. The van der Waals surface area contributed by atoms with Crippen LogP contribution in [0.5, 0.6) is 0 Å². The van der Waals surface area contributed by atoms with Crippen molar-refractivity contribution in [2.75, 3.05) is 13.1 Å². The molecule has 4 nitrogen and oxygen atoms in total. The monoisotopic (exact) mass is 306 g/mol. The largest absolute Gasteiger partial charge is 0.457 e. The number of nitrogens with zero attached hydrogens (tertiary/aromatic N) is 1. The first-order valence-electron chi connectivity index (χ1n) is 7.34. The summed E-state index contributed by atoms with van der Waals surface area (Å²) in [5.41, 5.74) is 1.20. The van der Waals surface area contributed by atoms with Gasteiger partial charge in [-0.25, -0.2) is 4.79 Å². The van der Waals surface area contributed by atoms with E-state index in [9.17, 15) is 9.59 Å². The summed E-state index contributed by atoms with van der Waals surface area (Å²) in [4.78, 5) is 26.1. The lowest BCUT2D eigenvalue weighted by molar-refractivity contribution is 0.0315. The molecule has 0 bridgehead atoms. The highest BCUT2D eigenvalue weighted by atomic mass is 16.5. The summed E-state index contributed by atoms with van der Waals surface area (Å²) in [5, 5.41) is 0. The van der Waals surface area contributed by atoms with Crippen molar-refractivity contribution in [2.45, 2.75) is 12.5 Å². The van der Waals surface area contributed by atoms with Crippen LogP contribution < -0.4 is 0 Å². The lowest BCUT2D eigenvalue weighted by Gasteiger charge is -2.16. The maximum absolute atomic E-state index is 12.3. The summed E-state index contributed by atoms with van der Waals surface area (Å²) in [6, 6.07) is 18.1. The van der Waals surface area contributed by atoms with E-state index in [4.69, 9.17) is 4.74 Å². The average molecular weight is 306 g/mol. The highest BCUT2D eigenvalue weighted by Crippen LogP contribution is 2.17. The summed E-state index contributed by atoms with van der Waals surface area (Å²) >= 11 is 0. The van der Waals surface area contributed by atoms with E-state index in [1.807, 2.05) is 24.3 Å². The van der Waals surface area contributed by atoms with Crippen LogP contribution in [0.3, 0.4) is 0 Å². The first-order valence-corrected chi connectivity index (χ1v) is 7.34. The molecule has 1 unspecified atom stereocenters. The lowest BCUT2D eigenvalue weighted by Crippen LogP contribution is -2.30. The minimum atomic E-state index is -0.334. The minimum absolute atomic E-state index is 0. The van der Waals surface area contributed by atoms with Crippen molar-refractivity contribution >= 4 is 20.3 Å². The van der Waals surface area contributed by atoms with Gasteiger partial charge in [-0.05, 0) is 24.3 Å². The second-order valence-electron chi connectivity index (χ2n) is 5.30. The van der Waals surface area contributed by atoms with Crippen LogP contribution in [0.15, 0.2) is 60.7 Å². The quantitative estimate of drug-likeness (QED) is 0.646. The number of likely N-dealkylation sites (tertiary alicyclic amines) is 1. The molecule has 1 atom stereocenters. The zero-order chi connectivity index (χ0) is 15.4. The van der Waals surface area contributed by atoms with Crippen molar-refractivity contribution in [2.24, 2.45) is 0 Å². The van der Waals surface area contributed by atoms with Gasteiger partial charge in [-0.15, -0.1) is 0 Å². The van der Waals surface area contributed by atoms with Crippen LogP contribution in [0, 0.1) is 0 Å². The van der Waals surface area contributed by atoms with Gasteiger partial charge in [0.05, 0.1) is 12.1 Å². The van der Waals surface area contributed by atoms with Gasteiger partial charge in [0.2, 0.25) is 0 Å². The number of amides is 1. The second-order valence-corrected chi connectivity index (χ2v) is 5.30. The fraction of sp³-hybridized carbons (Fsp3) is 0.222. The molecular weight excluding hydrogens is 289 g/mol. The molecule has 2 aromatic rings. The standard InChI is InChI=1S/C18H17NO3.B/c20-17(14-7-3-1-4-8-14)19-12-11-16(13-19)22-18(21)15-9-5-2-6-10-15;/h1-10,16H,11-13H2;. The molecule has 0 saturated carbocycles. The average Bonchev–Trinajstić information content (AvgIpc) is 3.04. The number of esters is 1. The van der Waals surface area contributed by atoms with E-state index in [1.54, 1.807) is 41.3 Å². The fourth-order valence-corrected chi connectivity index (χ4v) is 2.57. The highest BCUT2D eigenvalue weighted by Gasteiger charge is 2.29. The maximum Gasteiger partial charge on any atom is 0.338 e. The Morgan fingerprint density at radius 1 is 0.913 bits per heavy atom. The van der Waals surface area contributed by atoms with Crippen LogP contribution in [-0.4, -0.2) is 44.4 Å². The summed E-state index contributed by atoms with van der Waals surface area (Å²) in [6.07, 6.45) is 0.442. The van der Waals surface area contributed by atoms with Crippen LogP contribution in [0.1, 0.15) is 27.1 Å². The molecule has 1 saturated heterocycles. The summed E-state index contributed by atoms with van der Waals surface area (Å²) < 4.78 is 5.48. The van der Waals surface area contributed by atoms with Gasteiger partial charge in [-0.2, -0.15) is 0 Å². The van der Waals surface area contributed by atoms with Gasteiger partial charge in [0.15, 0.2) is 0 Å². The Balaban J connectivity index is 0.00000192. The maximum atomic E-state index is 12.3. The molecule has 5 heteroatoms. The molecule has 23 heavy (non-hydrogen) atoms. The van der Waals surface area contributed by atoms with Crippen LogP contribution in [-0.2, 0) is 4.74 Å².